The molecule has 0 radical (unpaired) electrons. The molecule has 0 bridgehead atoms. The number of hydrogen-bond donors (Lipinski definition) is 2. The van der Waals surface area contributed by atoms with Crippen LogP contribution < -0.4 is 10.2 Å². The number of rotatable bonds is 9. The zero-order valence-electron chi connectivity index (χ0n) is 14.8. The van der Waals surface area contributed by atoms with Gasteiger partial charge in [-0.1, -0.05) is 48.6 Å². The van der Waals surface area contributed by atoms with Gasteiger partial charge in [0.2, 0.25) is 0 Å². The Morgan fingerprint density at radius 2 is 1.92 bits per heavy atom. The number of ether oxygens (including phenoxy) is 1. The molecule has 136 valence electrons. The first-order valence-electron chi connectivity index (χ1n) is 8.34. The van der Waals surface area contributed by atoms with Crippen molar-refractivity contribution in [2.75, 3.05) is 20.3 Å². The van der Waals surface area contributed by atoms with Gasteiger partial charge in [-0.3, -0.25) is 10.2 Å². The monoisotopic (exact) mass is 352 g/mol. The van der Waals surface area contributed by atoms with Crippen LogP contribution in [0.25, 0.3) is 6.08 Å². The van der Waals surface area contributed by atoms with Crippen LogP contribution in [0.1, 0.15) is 15.9 Å². The molecule has 0 aromatic heterocycles. The second kappa shape index (κ2) is 10.2. The lowest BCUT2D eigenvalue weighted by Gasteiger charge is -2.27. The fourth-order valence-electron chi connectivity index (χ4n) is 2.39. The molecule has 1 atom stereocenters. The third-order valence-electron chi connectivity index (χ3n) is 3.82. The maximum atomic E-state index is 12.5. The molecule has 0 fully saturated rings. The molecule has 0 aliphatic carbocycles. The Bertz CT molecular complexity index is 727. The summed E-state index contributed by atoms with van der Waals surface area (Å²) in [5.74, 6) is 0.421. The van der Waals surface area contributed by atoms with Crippen molar-refractivity contribution in [3.8, 4) is 5.75 Å². The summed E-state index contributed by atoms with van der Waals surface area (Å²) in [5.41, 5.74) is 4.35. The summed E-state index contributed by atoms with van der Waals surface area (Å²) in [5, 5.41) is 11.4. The minimum atomic E-state index is -0.379. The Morgan fingerprint density at radius 3 is 2.50 bits per heavy atom. The zero-order chi connectivity index (χ0) is 18.8. The Hall–Kier alpha value is -2.89. The molecule has 2 N–H and O–H groups in total. The van der Waals surface area contributed by atoms with E-state index in [-0.39, 0.29) is 18.6 Å². The lowest BCUT2D eigenvalue weighted by atomic mass is 10.1. The van der Waals surface area contributed by atoms with Crippen LogP contribution in [0.5, 0.6) is 5.75 Å². The normalized spacial score (nSPS) is 12.1. The number of aliphatic hydroxyl groups excluding tert-OH is 1. The minimum Gasteiger partial charge on any atom is -0.497 e. The number of benzene rings is 2. The maximum Gasteiger partial charge on any atom is 0.265 e. The van der Waals surface area contributed by atoms with Crippen molar-refractivity contribution in [1.82, 2.24) is 10.4 Å². The second-order valence-electron chi connectivity index (χ2n) is 5.63. The van der Waals surface area contributed by atoms with E-state index in [2.05, 4.69) is 12.0 Å². The molecular weight excluding hydrogens is 328 g/mol. The first kappa shape index (κ1) is 19.4. The average molecular weight is 352 g/mol. The molecule has 0 saturated heterocycles. The number of nitrogens with zero attached hydrogens (tertiary/aromatic N) is 1. The van der Waals surface area contributed by atoms with Gasteiger partial charge >= 0.3 is 0 Å². The number of aliphatic hydroxyl groups is 1. The lowest BCUT2D eigenvalue weighted by molar-refractivity contribution is 0.0691. The Morgan fingerprint density at radius 1 is 1.23 bits per heavy atom. The van der Waals surface area contributed by atoms with E-state index in [0.717, 1.165) is 5.56 Å². The van der Waals surface area contributed by atoms with Gasteiger partial charge in [0, 0.05) is 12.1 Å². The number of carbonyl (C=O) groups is 1. The fourth-order valence-corrected chi connectivity index (χ4v) is 2.39. The van der Waals surface area contributed by atoms with Gasteiger partial charge in [-0.2, -0.15) is 0 Å². The maximum absolute atomic E-state index is 12.5. The van der Waals surface area contributed by atoms with E-state index < -0.39 is 0 Å². The number of nitrogens with one attached hydrogen (secondary N) is 1. The van der Waals surface area contributed by atoms with Crippen LogP contribution in [-0.2, 0) is 0 Å². The average Bonchev–Trinajstić information content (AvgIpc) is 2.69. The highest BCUT2D eigenvalue weighted by Crippen LogP contribution is 2.12. The molecule has 1 amide bonds. The largest absolute Gasteiger partial charge is 0.497 e. The molecule has 0 spiro atoms. The molecule has 0 aliphatic heterocycles. The summed E-state index contributed by atoms with van der Waals surface area (Å²) in [7, 11) is 1.58. The second-order valence-corrected chi connectivity index (χ2v) is 5.63. The van der Waals surface area contributed by atoms with E-state index in [1.54, 1.807) is 42.5 Å². The van der Waals surface area contributed by atoms with Gasteiger partial charge in [0.15, 0.2) is 0 Å². The summed E-state index contributed by atoms with van der Waals surface area (Å²) >= 11 is 0. The van der Waals surface area contributed by atoms with E-state index in [1.165, 1.54) is 0 Å². The van der Waals surface area contributed by atoms with Crippen molar-refractivity contribution in [2.45, 2.75) is 6.04 Å². The number of hydrogen-bond acceptors (Lipinski definition) is 4. The van der Waals surface area contributed by atoms with Crippen LogP contribution in [0.4, 0.5) is 0 Å². The SMILES string of the molecule is C=CCN(NC(=O)c1ccc(OC)cc1)C(/C=C/c1ccccc1)CO. The zero-order valence-corrected chi connectivity index (χ0v) is 14.8. The smallest absolute Gasteiger partial charge is 0.265 e. The van der Waals surface area contributed by atoms with Crippen LogP contribution in [-0.4, -0.2) is 42.3 Å². The summed E-state index contributed by atoms with van der Waals surface area (Å²) in [6.07, 6.45) is 5.44. The van der Waals surface area contributed by atoms with Crippen molar-refractivity contribution in [1.29, 1.82) is 0 Å². The number of hydrazine groups is 1. The molecule has 0 saturated carbocycles. The molecular formula is C21H24N2O3. The summed E-state index contributed by atoms with van der Waals surface area (Å²) in [6.45, 7) is 3.98. The van der Waals surface area contributed by atoms with Crippen LogP contribution >= 0.6 is 0 Å². The highest BCUT2D eigenvalue weighted by atomic mass is 16.5. The van der Waals surface area contributed by atoms with E-state index >= 15 is 0 Å². The molecule has 5 heteroatoms. The predicted molar refractivity (Wildman–Crippen MR) is 104 cm³/mol. The van der Waals surface area contributed by atoms with Gasteiger partial charge < -0.3 is 9.84 Å². The molecule has 0 aliphatic rings. The minimum absolute atomic E-state index is 0.139. The molecule has 2 aromatic rings. The molecule has 2 rings (SSSR count). The van der Waals surface area contributed by atoms with E-state index in [1.807, 2.05) is 42.5 Å². The van der Waals surface area contributed by atoms with Crippen LogP contribution in [0.2, 0.25) is 0 Å². The molecule has 5 nitrogen and oxygen atoms in total. The summed E-state index contributed by atoms with van der Waals surface area (Å²) in [4.78, 5) is 12.5. The summed E-state index contributed by atoms with van der Waals surface area (Å²) < 4.78 is 5.10. The van der Waals surface area contributed by atoms with Crippen molar-refractivity contribution >= 4 is 12.0 Å². The molecule has 1 unspecified atom stereocenters. The highest BCUT2D eigenvalue weighted by molar-refractivity contribution is 5.94. The van der Waals surface area contributed by atoms with Crippen LogP contribution in [0.3, 0.4) is 0 Å². The number of methoxy groups -OCH3 is 1. The van der Waals surface area contributed by atoms with E-state index in [4.69, 9.17) is 4.74 Å². The topological polar surface area (TPSA) is 61.8 Å². The van der Waals surface area contributed by atoms with E-state index in [0.29, 0.717) is 17.9 Å². The predicted octanol–water partition coefficient (Wildman–Crippen LogP) is 2.90. The quantitative estimate of drug-likeness (QED) is 0.538. The lowest BCUT2D eigenvalue weighted by Crippen LogP contribution is -2.49. The van der Waals surface area contributed by atoms with Gasteiger partial charge in [0.1, 0.15) is 5.75 Å². The number of amides is 1. The fraction of sp³-hybridized carbons (Fsp3) is 0.190. The van der Waals surface area contributed by atoms with Gasteiger partial charge in [0.05, 0.1) is 19.8 Å². The molecule has 0 heterocycles. The summed E-state index contributed by atoms with van der Waals surface area (Å²) in [6, 6.07) is 16.2. The Balaban J connectivity index is 2.10. The Kier molecular flexibility index (Phi) is 7.61. The van der Waals surface area contributed by atoms with Crippen molar-refractivity contribution in [3.63, 3.8) is 0 Å². The van der Waals surface area contributed by atoms with Crippen LogP contribution in [0.15, 0.2) is 73.3 Å². The highest BCUT2D eigenvalue weighted by Gasteiger charge is 2.17. The molecule has 26 heavy (non-hydrogen) atoms. The van der Waals surface area contributed by atoms with Gasteiger partial charge in [-0.25, -0.2) is 5.01 Å². The molecule has 2 aromatic carbocycles. The first-order valence-corrected chi connectivity index (χ1v) is 8.34. The third-order valence-corrected chi connectivity index (χ3v) is 3.82. The van der Waals surface area contributed by atoms with Gasteiger partial charge in [-0.05, 0) is 29.8 Å². The van der Waals surface area contributed by atoms with Crippen molar-refractivity contribution < 1.29 is 14.6 Å². The number of carbonyl (C=O) groups excluding carboxylic acids is 1. The Labute approximate surface area is 154 Å². The first-order chi connectivity index (χ1) is 12.7. The standard InChI is InChI=1S/C21H24N2O3/c1-3-15-23(19(16-24)12-9-17-7-5-4-6-8-17)22-21(25)18-10-13-20(26-2)14-11-18/h3-14,19,24H,1,15-16H2,2H3,(H,22,25)/b12-9+. The van der Waals surface area contributed by atoms with Crippen molar-refractivity contribution in [3.05, 3.63) is 84.5 Å². The van der Waals surface area contributed by atoms with Gasteiger partial charge in [-0.15, -0.1) is 6.58 Å². The van der Waals surface area contributed by atoms with E-state index in [9.17, 15) is 9.90 Å². The van der Waals surface area contributed by atoms with Crippen molar-refractivity contribution in [2.24, 2.45) is 0 Å². The van der Waals surface area contributed by atoms with Crippen LogP contribution in [0, 0.1) is 0 Å². The van der Waals surface area contributed by atoms with Gasteiger partial charge in [0.25, 0.3) is 5.91 Å². The third kappa shape index (κ3) is 5.58.